The van der Waals surface area contributed by atoms with E-state index in [1.807, 2.05) is 0 Å². The summed E-state index contributed by atoms with van der Waals surface area (Å²) in [6.45, 7) is 3.25. The lowest BCUT2D eigenvalue weighted by Crippen LogP contribution is -2.48. The number of benzene rings is 1. The highest BCUT2D eigenvalue weighted by Gasteiger charge is 2.24. The average Bonchev–Trinajstić information content (AvgIpc) is 2.69. The molecule has 0 saturated carbocycles. The van der Waals surface area contributed by atoms with E-state index in [4.69, 9.17) is 11.6 Å². The van der Waals surface area contributed by atoms with Gasteiger partial charge in [0, 0.05) is 43.0 Å². The van der Waals surface area contributed by atoms with Crippen molar-refractivity contribution in [1.82, 2.24) is 15.3 Å². The summed E-state index contributed by atoms with van der Waals surface area (Å²) in [5.41, 5.74) is 0.820. The van der Waals surface area contributed by atoms with Crippen LogP contribution in [0.4, 0.5) is 11.6 Å². The standard InChI is InChI=1S/C19H22ClN5O2/c1-2-17(26)24-16-11-13(20)6-7-15(16)18(27)23-14-5-3-10-25(12-14)19-21-8-4-9-22-19/h4,6-9,11,14H,2-3,5,10,12H2,1H3,(H,23,27)(H,24,26). The summed E-state index contributed by atoms with van der Waals surface area (Å²) in [5.74, 6) is 0.258. The van der Waals surface area contributed by atoms with Gasteiger partial charge in [-0.25, -0.2) is 9.97 Å². The third-order valence-corrected chi connectivity index (χ3v) is 4.65. The third kappa shape index (κ3) is 4.95. The van der Waals surface area contributed by atoms with Crippen LogP contribution >= 0.6 is 11.6 Å². The van der Waals surface area contributed by atoms with Gasteiger partial charge in [-0.3, -0.25) is 9.59 Å². The van der Waals surface area contributed by atoms with Crippen molar-refractivity contribution in [1.29, 1.82) is 0 Å². The Morgan fingerprint density at radius 1 is 1.30 bits per heavy atom. The Hall–Kier alpha value is -2.67. The summed E-state index contributed by atoms with van der Waals surface area (Å²) in [7, 11) is 0. The molecule has 2 amide bonds. The first-order valence-electron chi connectivity index (χ1n) is 8.99. The second-order valence-electron chi connectivity index (χ2n) is 6.40. The number of anilines is 2. The summed E-state index contributed by atoms with van der Waals surface area (Å²) in [6.07, 6.45) is 5.55. The van der Waals surface area contributed by atoms with Gasteiger partial charge in [0.2, 0.25) is 11.9 Å². The lowest BCUT2D eigenvalue weighted by Gasteiger charge is -2.33. The zero-order chi connectivity index (χ0) is 19.2. The van der Waals surface area contributed by atoms with Gasteiger partial charge < -0.3 is 15.5 Å². The Balaban J connectivity index is 1.70. The van der Waals surface area contributed by atoms with Gasteiger partial charge in [-0.15, -0.1) is 0 Å². The van der Waals surface area contributed by atoms with Crippen LogP contribution in [-0.4, -0.2) is 40.9 Å². The SMILES string of the molecule is CCC(=O)Nc1cc(Cl)ccc1C(=O)NC1CCCN(c2ncccn2)C1. The smallest absolute Gasteiger partial charge is 0.253 e. The maximum Gasteiger partial charge on any atom is 0.253 e. The number of rotatable bonds is 5. The molecule has 1 fully saturated rings. The summed E-state index contributed by atoms with van der Waals surface area (Å²) in [4.78, 5) is 35.2. The second-order valence-corrected chi connectivity index (χ2v) is 6.84. The summed E-state index contributed by atoms with van der Waals surface area (Å²) in [6, 6.07) is 6.61. The van der Waals surface area contributed by atoms with E-state index < -0.39 is 0 Å². The molecule has 2 aromatic rings. The van der Waals surface area contributed by atoms with Gasteiger partial charge in [-0.05, 0) is 37.1 Å². The molecule has 3 rings (SSSR count). The highest BCUT2D eigenvalue weighted by Crippen LogP contribution is 2.22. The quantitative estimate of drug-likeness (QED) is 0.823. The van der Waals surface area contributed by atoms with E-state index in [1.165, 1.54) is 0 Å². The predicted octanol–water partition coefficient (Wildman–Crippen LogP) is 2.88. The van der Waals surface area contributed by atoms with Crippen molar-refractivity contribution in [3.63, 3.8) is 0 Å². The maximum absolute atomic E-state index is 12.8. The summed E-state index contributed by atoms with van der Waals surface area (Å²) < 4.78 is 0. The van der Waals surface area contributed by atoms with Crippen LogP contribution < -0.4 is 15.5 Å². The summed E-state index contributed by atoms with van der Waals surface area (Å²) in [5, 5.41) is 6.26. The zero-order valence-electron chi connectivity index (χ0n) is 15.1. The maximum atomic E-state index is 12.8. The van der Waals surface area contributed by atoms with Crippen LogP contribution in [0.15, 0.2) is 36.7 Å². The van der Waals surface area contributed by atoms with Crippen LogP contribution in [-0.2, 0) is 4.79 Å². The fraction of sp³-hybridized carbons (Fsp3) is 0.368. The number of aromatic nitrogens is 2. The van der Waals surface area contributed by atoms with Crippen molar-refractivity contribution in [2.24, 2.45) is 0 Å². The Morgan fingerprint density at radius 3 is 2.81 bits per heavy atom. The molecule has 1 aromatic heterocycles. The van der Waals surface area contributed by atoms with Crippen molar-refractivity contribution in [2.75, 3.05) is 23.3 Å². The van der Waals surface area contributed by atoms with Crippen LogP contribution in [0.5, 0.6) is 0 Å². The number of hydrogen-bond donors (Lipinski definition) is 2. The molecule has 1 aliphatic rings. The number of piperidine rings is 1. The van der Waals surface area contributed by atoms with E-state index in [2.05, 4.69) is 25.5 Å². The number of carbonyl (C=O) groups excluding carboxylic acids is 2. The Kier molecular flexibility index (Phi) is 6.24. The molecule has 2 N–H and O–H groups in total. The Labute approximate surface area is 163 Å². The van der Waals surface area contributed by atoms with E-state index in [9.17, 15) is 9.59 Å². The Morgan fingerprint density at radius 2 is 2.07 bits per heavy atom. The minimum atomic E-state index is -0.237. The minimum Gasteiger partial charge on any atom is -0.347 e. The van der Waals surface area contributed by atoms with Gasteiger partial charge in [0.15, 0.2) is 0 Å². The van der Waals surface area contributed by atoms with Crippen LogP contribution in [0.3, 0.4) is 0 Å². The largest absolute Gasteiger partial charge is 0.347 e. The molecule has 8 heteroatoms. The highest BCUT2D eigenvalue weighted by molar-refractivity contribution is 6.31. The lowest BCUT2D eigenvalue weighted by molar-refractivity contribution is -0.115. The molecule has 27 heavy (non-hydrogen) atoms. The molecular formula is C19H22ClN5O2. The molecule has 1 aromatic carbocycles. The van der Waals surface area contributed by atoms with E-state index in [0.29, 0.717) is 35.2 Å². The fourth-order valence-corrected chi connectivity index (χ4v) is 3.22. The molecule has 142 valence electrons. The van der Waals surface area contributed by atoms with E-state index in [-0.39, 0.29) is 17.9 Å². The molecule has 1 unspecified atom stereocenters. The van der Waals surface area contributed by atoms with E-state index in [0.717, 1.165) is 19.4 Å². The minimum absolute atomic E-state index is 0.0274. The highest BCUT2D eigenvalue weighted by atomic mass is 35.5. The number of nitrogens with zero attached hydrogens (tertiary/aromatic N) is 3. The van der Waals surface area contributed by atoms with Crippen molar-refractivity contribution in [2.45, 2.75) is 32.2 Å². The van der Waals surface area contributed by atoms with Crippen LogP contribution in [0, 0.1) is 0 Å². The summed E-state index contributed by atoms with van der Waals surface area (Å²) >= 11 is 6.02. The molecule has 1 aliphatic heterocycles. The molecule has 2 heterocycles. The number of hydrogen-bond acceptors (Lipinski definition) is 5. The van der Waals surface area contributed by atoms with Gasteiger partial charge in [0.1, 0.15) is 0 Å². The molecule has 0 aliphatic carbocycles. The van der Waals surface area contributed by atoms with Crippen molar-refractivity contribution in [3.05, 3.63) is 47.2 Å². The topological polar surface area (TPSA) is 87.2 Å². The molecule has 0 spiro atoms. The number of nitrogens with one attached hydrogen (secondary N) is 2. The first-order chi connectivity index (χ1) is 13.1. The second kappa shape index (κ2) is 8.81. The van der Waals surface area contributed by atoms with E-state index in [1.54, 1.807) is 43.6 Å². The molecule has 1 saturated heterocycles. The predicted molar refractivity (Wildman–Crippen MR) is 105 cm³/mol. The first-order valence-corrected chi connectivity index (χ1v) is 9.37. The number of carbonyl (C=O) groups is 2. The normalized spacial score (nSPS) is 16.7. The van der Waals surface area contributed by atoms with E-state index >= 15 is 0 Å². The van der Waals surface area contributed by atoms with Gasteiger partial charge in [0.25, 0.3) is 5.91 Å². The molecule has 0 bridgehead atoms. The Bertz CT molecular complexity index is 815. The molecule has 7 nitrogen and oxygen atoms in total. The van der Waals surface area contributed by atoms with Gasteiger partial charge in [-0.2, -0.15) is 0 Å². The van der Waals surface area contributed by atoms with Crippen molar-refractivity contribution < 1.29 is 9.59 Å². The molecular weight excluding hydrogens is 366 g/mol. The number of amides is 2. The van der Waals surface area contributed by atoms with Crippen molar-refractivity contribution >= 4 is 35.1 Å². The van der Waals surface area contributed by atoms with Crippen LogP contribution in [0.2, 0.25) is 5.02 Å². The first kappa shape index (κ1) is 19.1. The third-order valence-electron chi connectivity index (χ3n) is 4.41. The van der Waals surface area contributed by atoms with Crippen LogP contribution in [0.1, 0.15) is 36.5 Å². The van der Waals surface area contributed by atoms with Gasteiger partial charge >= 0.3 is 0 Å². The number of halogens is 1. The van der Waals surface area contributed by atoms with Gasteiger partial charge in [-0.1, -0.05) is 18.5 Å². The van der Waals surface area contributed by atoms with Crippen LogP contribution in [0.25, 0.3) is 0 Å². The monoisotopic (exact) mass is 387 g/mol. The zero-order valence-corrected chi connectivity index (χ0v) is 15.9. The molecule has 1 atom stereocenters. The molecule has 0 radical (unpaired) electrons. The lowest BCUT2D eigenvalue weighted by atomic mass is 10.0. The fourth-order valence-electron chi connectivity index (χ4n) is 3.05. The van der Waals surface area contributed by atoms with Gasteiger partial charge in [0.05, 0.1) is 11.3 Å². The average molecular weight is 388 g/mol. The van der Waals surface area contributed by atoms with Crippen molar-refractivity contribution in [3.8, 4) is 0 Å².